The Kier molecular flexibility index (Phi) is 5.54. The zero-order valence-electron chi connectivity index (χ0n) is 8.59. The van der Waals surface area contributed by atoms with E-state index in [1.54, 1.807) is 0 Å². The van der Waals surface area contributed by atoms with Crippen molar-refractivity contribution in [2.45, 2.75) is 26.3 Å². The van der Waals surface area contributed by atoms with Gasteiger partial charge < -0.3 is 16.0 Å². The lowest BCUT2D eigenvalue weighted by Crippen LogP contribution is -2.22. The third-order valence-corrected chi connectivity index (χ3v) is 1.85. The van der Waals surface area contributed by atoms with Gasteiger partial charge in [-0.25, -0.2) is 0 Å². The van der Waals surface area contributed by atoms with Crippen LogP contribution in [0.3, 0.4) is 0 Å². The lowest BCUT2D eigenvalue weighted by Gasteiger charge is -2.19. The normalized spacial score (nSPS) is 12.2. The molecule has 0 aliphatic rings. The van der Waals surface area contributed by atoms with Crippen LogP contribution in [0.25, 0.3) is 0 Å². The smallest absolute Gasteiger partial charge is 0.0255 e. The van der Waals surface area contributed by atoms with Crippen molar-refractivity contribution in [1.29, 1.82) is 0 Å². The van der Waals surface area contributed by atoms with Gasteiger partial charge in [-0.05, 0) is 20.9 Å². The highest BCUT2D eigenvalue weighted by Gasteiger charge is 1.98. The number of nitrogens with one attached hydrogen (secondary N) is 1. The molecule has 0 radical (unpaired) electrons. The van der Waals surface area contributed by atoms with Gasteiger partial charge in [-0.3, -0.25) is 0 Å². The Bertz CT molecular complexity index is 141. The van der Waals surface area contributed by atoms with Crippen LogP contribution in [0.15, 0.2) is 11.9 Å². The first-order valence-corrected chi connectivity index (χ1v) is 4.40. The van der Waals surface area contributed by atoms with Gasteiger partial charge in [-0.2, -0.15) is 0 Å². The fraction of sp³-hybridized carbons (Fsp3) is 0.778. The fourth-order valence-electron chi connectivity index (χ4n) is 0.745. The van der Waals surface area contributed by atoms with Crippen LogP contribution in [0.5, 0.6) is 0 Å². The van der Waals surface area contributed by atoms with Gasteiger partial charge in [-0.15, -0.1) is 0 Å². The van der Waals surface area contributed by atoms with Crippen molar-refractivity contribution in [2.24, 2.45) is 5.73 Å². The summed E-state index contributed by atoms with van der Waals surface area (Å²) < 4.78 is 0. The quantitative estimate of drug-likeness (QED) is 0.641. The minimum Gasteiger partial charge on any atom is -0.401 e. The lowest BCUT2D eigenvalue weighted by molar-refractivity contribution is 0.371. The number of hydrogen-bond donors (Lipinski definition) is 2. The molecule has 72 valence electrons. The van der Waals surface area contributed by atoms with E-state index in [2.05, 4.69) is 24.1 Å². The number of nitrogens with zero attached hydrogens (tertiary/aromatic N) is 1. The minimum absolute atomic E-state index is 0.512. The first-order valence-electron chi connectivity index (χ1n) is 4.40. The van der Waals surface area contributed by atoms with Crippen LogP contribution in [0.1, 0.15) is 20.3 Å². The maximum atomic E-state index is 5.78. The summed E-state index contributed by atoms with van der Waals surface area (Å²) in [4.78, 5) is 2.12. The summed E-state index contributed by atoms with van der Waals surface area (Å²) in [6.07, 6.45) is 2.91. The van der Waals surface area contributed by atoms with Gasteiger partial charge in [-0.1, -0.05) is 0 Å². The molecule has 0 aliphatic carbocycles. The molecule has 0 rings (SSSR count). The maximum absolute atomic E-state index is 5.78. The minimum atomic E-state index is 0.512. The van der Waals surface area contributed by atoms with Gasteiger partial charge in [0.2, 0.25) is 0 Å². The second kappa shape index (κ2) is 5.89. The summed E-state index contributed by atoms with van der Waals surface area (Å²) in [6, 6.07) is 0.512. The summed E-state index contributed by atoms with van der Waals surface area (Å²) in [6.45, 7) is 5.22. The first kappa shape index (κ1) is 11.3. The molecule has 0 fully saturated rings. The Labute approximate surface area is 75.6 Å². The summed E-state index contributed by atoms with van der Waals surface area (Å²) in [7, 11) is 3.97. The highest BCUT2D eigenvalue weighted by Crippen LogP contribution is 1.98. The predicted octanol–water partition coefficient (Wildman–Crippen LogP) is 0.736. The molecule has 3 N–H and O–H groups in total. The Balaban J connectivity index is 3.80. The summed E-state index contributed by atoms with van der Waals surface area (Å²) in [5.74, 6) is 0. The average Bonchev–Trinajstić information content (AvgIpc) is 2.00. The molecule has 3 nitrogen and oxygen atoms in total. The number of nitrogens with two attached hydrogens (primary N) is 1. The molecule has 0 heterocycles. The maximum Gasteiger partial charge on any atom is 0.0255 e. The van der Waals surface area contributed by atoms with Crippen molar-refractivity contribution in [3.05, 3.63) is 11.9 Å². The van der Waals surface area contributed by atoms with Crippen LogP contribution < -0.4 is 11.1 Å². The van der Waals surface area contributed by atoms with Crippen LogP contribution >= 0.6 is 0 Å². The van der Waals surface area contributed by atoms with E-state index >= 15 is 0 Å². The van der Waals surface area contributed by atoms with E-state index in [0.717, 1.165) is 18.7 Å². The molecule has 0 aromatic rings. The summed E-state index contributed by atoms with van der Waals surface area (Å²) >= 11 is 0. The topological polar surface area (TPSA) is 41.3 Å². The molecule has 0 aromatic carbocycles. The third-order valence-electron chi connectivity index (χ3n) is 1.85. The highest BCUT2D eigenvalue weighted by molar-refractivity contribution is 4.96. The standard InChI is InChI=1S/C9H21N3/c1-8(2)12(4)7-9(10)5-6-11-3/h7-8,11H,5-6,10H2,1-4H3/b9-7-. The van der Waals surface area contributed by atoms with Crippen molar-refractivity contribution in [3.63, 3.8) is 0 Å². The molecule has 3 heteroatoms. The SMILES string of the molecule is CNCC/C(N)=C/N(C)C(C)C. The Morgan fingerprint density at radius 2 is 2.17 bits per heavy atom. The zero-order chi connectivity index (χ0) is 9.56. The van der Waals surface area contributed by atoms with E-state index in [-0.39, 0.29) is 0 Å². The molecule has 0 bridgehead atoms. The van der Waals surface area contributed by atoms with Gasteiger partial charge >= 0.3 is 0 Å². The Hall–Kier alpha value is -0.700. The van der Waals surface area contributed by atoms with E-state index < -0.39 is 0 Å². The molecule has 0 aliphatic heterocycles. The predicted molar refractivity (Wildman–Crippen MR) is 53.7 cm³/mol. The molecule has 0 aromatic heterocycles. The first-order chi connectivity index (χ1) is 5.57. The van der Waals surface area contributed by atoms with E-state index in [1.807, 2.05) is 20.3 Å². The van der Waals surface area contributed by atoms with Crippen molar-refractivity contribution in [1.82, 2.24) is 10.2 Å². The molecule has 0 saturated carbocycles. The van der Waals surface area contributed by atoms with Crippen molar-refractivity contribution >= 4 is 0 Å². The number of rotatable bonds is 5. The van der Waals surface area contributed by atoms with Gasteiger partial charge in [0.25, 0.3) is 0 Å². The van der Waals surface area contributed by atoms with Crippen LogP contribution in [-0.4, -0.2) is 31.6 Å². The summed E-state index contributed by atoms with van der Waals surface area (Å²) in [5, 5.41) is 3.06. The van der Waals surface area contributed by atoms with Crippen LogP contribution in [-0.2, 0) is 0 Å². The second-order valence-corrected chi connectivity index (χ2v) is 3.32. The average molecular weight is 171 g/mol. The molecule has 0 unspecified atom stereocenters. The van der Waals surface area contributed by atoms with Crippen LogP contribution in [0.4, 0.5) is 0 Å². The van der Waals surface area contributed by atoms with Crippen molar-refractivity contribution < 1.29 is 0 Å². The van der Waals surface area contributed by atoms with Crippen molar-refractivity contribution in [2.75, 3.05) is 20.6 Å². The van der Waals surface area contributed by atoms with Gasteiger partial charge in [0.1, 0.15) is 0 Å². The molecule has 0 saturated heterocycles. The van der Waals surface area contributed by atoms with E-state index in [9.17, 15) is 0 Å². The highest BCUT2D eigenvalue weighted by atomic mass is 15.1. The largest absolute Gasteiger partial charge is 0.401 e. The van der Waals surface area contributed by atoms with Gasteiger partial charge in [0, 0.05) is 38.0 Å². The lowest BCUT2D eigenvalue weighted by atomic mass is 10.3. The van der Waals surface area contributed by atoms with Crippen molar-refractivity contribution in [3.8, 4) is 0 Å². The number of hydrogen-bond acceptors (Lipinski definition) is 3. The van der Waals surface area contributed by atoms with Gasteiger partial charge in [0.05, 0.1) is 0 Å². The zero-order valence-corrected chi connectivity index (χ0v) is 8.59. The molecular weight excluding hydrogens is 150 g/mol. The Morgan fingerprint density at radius 3 is 2.58 bits per heavy atom. The Morgan fingerprint density at radius 1 is 1.58 bits per heavy atom. The fourth-order valence-corrected chi connectivity index (χ4v) is 0.745. The summed E-state index contributed by atoms with van der Waals surface area (Å²) in [5.41, 5.74) is 6.71. The molecule has 0 atom stereocenters. The molecule has 0 spiro atoms. The molecule has 12 heavy (non-hydrogen) atoms. The third kappa shape index (κ3) is 5.02. The van der Waals surface area contributed by atoms with E-state index in [1.165, 1.54) is 0 Å². The molecule has 0 amide bonds. The molecular formula is C9H21N3. The van der Waals surface area contributed by atoms with Crippen LogP contribution in [0.2, 0.25) is 0 Å². The van der Waals surface area contributed by atoms with Gasteiger partial charge in [0.15, 0.2) is 0 Å². The van der Waals surface area contributed by atoms with E-state index in [0.29, 0.717) is 6.04 Å². The van der Waals surface area contributed by atoms with E-state index in [4.69, 9.17) is 5.73 Å². The van der Waals surface area contributed by atoms with Crippen LogP contribution in [0, 0.1) is 0 Å². The second-order valence-electron chi connectivity index (χ2n) is 3.32. The monoisotopic (exact) mass is 171 g/mol.